The van der Waals surface area contributed by atoms with E-state index >= 15 is 0 Å². The van der Waals surface area contributed by atoms with Crippen LogP contribution in [0.25, 0.3) is 0 Å². The first-order valence-electron chi connectivity index (χ1n) is 3.59. The topological polar surface area (TPSA) is 52.6 Å². The number of nitrogens with zero attached hydrogens (tertiary/aromatic N) is 1. The van der Waals surface area contributed by atoms with Crippen molar-refractivity contribution in [2.24, 2.45) is 0 Å². The molecule has 4 nitrogen and oxygen atoms in total. The Morgan fingerprint density at radius 1 is 1.62 bits per heavy atom. The van der Waals surface area contributed by atoms with E-state index in [2.05, 4.69) is 5.32 Å². The van der Waals surface area contributed by atoms with Gasteiger partial charge in [0, 0.05) is 17.8 Å². The maximum Gasteiger partial charge on any atom is 0.345 e. The van der Waals surface area contributed by atoms with Gasteiger partial charge in [0.1, 0.15) is 0 Å². The average Bonchev–Trinajstić information content (AvgIpc) is 2.04. The quantitative estimate of drug-likeness (QED) is 0.539. The lowest BCUT2D eigenvalue weighted by Crippen LogP contribution is -2.27. The van der Waals surface area contributed by atoms with E-state index in [-0.39, 0.29) is 0 Å². The average molecular weight is 201 g/mol. The van der Waals surface area contributed by atoms with Crippen LogP contribution in [-0.4, -0.2) is 23.3 Å². The molecule has 0 aliphatic rings. The van der Waals surface area contributed by atoms with Crippen molar-refractivity contribution < 1.29 is 10.0 Å². The molecule has 2 amide bonds. The zero-order valence-electron chi connectivity index (χ0n) is 6.99. The summed E-state index contributed by atoms with van der Waals surface area (Å²) in [6.45, 7) is 0. The predicted molar refractivity (Wildman–Crippen MR) is 50.0 cm³/mol. The van der Waals surface area contributed by atoms with E-state index in [1.165, 1.54) is 7.05 Å². The van der Waals surface area contributed by atoms with Crippen LogP contribution >= 0.6 is 11.6 Å². The fourth-order valence-corrected chi connectivity index (χ4v) is 0.961. The molecule has 0 aromatic heterocycles. The summed E-state index contributed by atoms with van der Waals surface area (Å²) < 4.78 is 0. The number of hydrogen-bond acceptors (Lipinski definition) is 2. The molecule has 0 saturated heterocycles. The highest BCUT2D eigenvalue weighted by atomic mass is 35.5. The molecule has 1 rings (SSSR count). The van der Waals surface area contributed by atoms with Crippen LogP contribution in [0, 0.1) is 0 Å². The summed E-state index contributed by atoms with van der Waals surface area (Å²) >= 11 is 5.68. The summed E-state index contributed by atoms with van der Waals surface area (Å²) in [4.78, 5) is 10.9. The number of carbonyl (C=O) groups is 1. The summed E-state index contributed by atoms with van der Waals surface area (Å²) in [7, 11) is 1.24. The minimum atomic E-state index is -0.609. The third-order valence-corrected chi connectivity index (χ3v) is 1.60. The number of carbonyl (C=O) groups excluding carboxylic acids is 1. The van der Waals surface area contributed by atoms with E-state index in [0.29, 0.717) is 15.8 Å². The molecule has 0 fully saturated rings. The van der Waals surface area contributed by atoms with Crippen molar-refractivity contribution in [2.45, 2.75) is 0 Å². The molecule has 5 heteroatoms. The van der Waals surface area contributed by atoms with E-state index in [1.807, 2.05) is 0 Å². The summed E-state index contributed by atoms with van der Waals surface area (Å²) in [5.41, 5.74) is 0.540. The van der Waals surface area contributed by atoms with Crippen LogP contribution in [0.3, 0.4) is 0 Å². The maximum atomic E-state index is 10.9. The molecule has 1 aromatic rings. The fraction of sp³-hybridized carbons (Fsp3) is 0.125. The first-order valence-corrected chi connectivity index (χ1v) is 3.96. The zero-order chi connectivity index (χ0) is 9.84. The van der Waals surface area contributed by atoms with Crippen molar-refractivity contribution in [3.8, 4) is 0 Å². The highest BCUT2D eigenvalue weighted by Gasteiger charge is 2.04. The number of halogens is 1. The number of amides is 2. The Bertz CT molecular complexity index is 315. The minimum absolute atomic E-state index is 0.459. The fourth-order valence-electron chi connectivity index (χ4n) is 0.771. The summed E-state index contributed by atoms with van der Waals surface area (Å²) in [6, 6.07) is 6.05. The highest BCUT2D eigenvalue weighted by Crippen LogP contribution is 2.14. The van der Waals surface area contributed by atoms with Gasteiger partial charge in [-0.05, 0) is 18.2 Å². The van der Waals surface area contributed by atoms with Crippen LogP contribution in [0.1, 0.15) is 0 Å². The largest absolute Gasteiger partial charge is 0.345 e. The summed E-state index contributed by atoms with van der Waals surface area (Å²) in [6.07, 6.45) is 0. The molecule has 0 heterocycles. The normalized spacial score (nSPS) is 9.46. The molecule has 70 valence electrons. The Morgan fingerprint density at radius 3 is 2.85 bits per heavy atom. The van der Waals surface area contributed by atoms with E-state index < -0.39 is 6.03 Å². The van der Waals surface area contributed by atoms with E-state index in [4.69, 9.17) is 16.8 Å². The van der Waals surface area contributed by atoms with Crippen LogP contribution in [0.15, 0.2) is 24.3 Å². The molecule has 0 aliphatic carbocycles. The van der Waals surface area contributed by atoms with Crippen LogP contribution in [-0.2, 0) is 0 Å². The maximum absolute atomic E-state index is 10.9. The molecule has 0 atom stereocenters. The molecule has 0 spiro atoms. The van der Waals surface area contributed by atoms with Crippen molar-refractivity contribution in [1.29, 1.82) is 0 Å². The standard InChI is InChI=1S/C8H9ClN2O2/c1-11(13)8(12)10-7-4-2-3-6(9)5-7/h2-5,13H,1H3,(H,10,12). The lowest BCUT2D eigenvalue weighted by Gasteiger charge is -2.09. The Balaban J connectivity index is 2.69. The van der Waals surface area contributed by atoms with Crippen molar-refractivity contribution >= 4 is 23.3 Å². The van der Waals surface area contributed by atoms with Gasteiger partial charge in [0.15, 0.2) is 0 Å². The molecule has 0 unspecified atom stereocenters. The number of rotatable bonds is 1. The zero-order valence-corrected chi connectivity index (χ0v) is 7.75. The molecule has 13 heavy (non-hydrogen) atoms. The second kappa shape index (κ2) is 4.11. The molecule has 0 bridgehead atoms. The molecule has 0 saturated carbocycles. The van der Waals surface area contributed by atoms with Gasteiger partial charge in [-0.3, -0.25) is 5.21 Å². The van der Waals surface area contributed by atoms with E-state index in [9.17, 15) is 4.79 Å². The number of nitrogens with one attached hydrogen (secondary N) is 1. The monoisotopic (exact) mass is 200 g/mol. The summed E-state index contributed by atoms with van der Waals surface area (Å²) in [5.74, 6) is 0. The SMILES string of the molecule is CN(O)C(=O)Nc1cccc(Cl)c1. The van der Waals surface area contributed by atoms with Crippen LogP contribution in [0.4, 0.5) is 10.5 Å². The second-order valence-corrected chi connectivity index (χ2v) is 2.90. The Kier molecular flexibility index (Phi) is 3.11. The Morgan fingerprint density at radius 2 is 2.31 bits per heavy atom. The second-order valence-electron chi connectivity index (χ2n) is 2.46. The van der Waals surface area contributed by atoms with Gasteiger partial charge in [0.05, 0.1) is 0 Å². The van der Waals surface area contributed by atoms with Gasteiger partial charge in [-0.2, -0.15) is 0 Å². The molecule has 0 aliphatic heterocycles. The molecule has 0 radical (unpaired) electrons. The van der Waals surface area contributed by atoms with Crippen molar-refractivity contribution in [2.75, 3.05) is 12.4 Å². The number of urea groups is 1. The number of hydroxylamine groups is 2. The van der Waals surface area contributed by atoms with Gasteiger partial charge in [-0.15, -0.1) is 0 Å². The molecular formula is C8H9ClN2O2. The predicted octanol–water partition coefficient (Wildman–Crippen LogP) is 2.19. The lowest BCUT2D eigenvalue weighted by molar-refractivity contribution is -0.0118. The van der Waals surface area contributed by atoms with Crippen LogP contribution < -0.4 is 5.32 Å². The van der Waals surface area contributed by atoms with Gasteiger partial charge < -0.3 is 5.32 Å². The first-order chi connectivity index (χ1) is 6.09. The molecular weight excluding hydrogens is 192 g/mol. The van der Waals surface area contributed by atoms with Gasteiger partial charge in [0.25, 0.3) is 0 Å². The van der Waals surface area contributed by atoms with Crippen molar-refractivity contribution in [3.63, 3.8) is 0 Å². The molecule has 2 N–H and O–H groups in total. The van der Waals surface area contributed by atoms with Crippen LogP contribution in [0.2, 0.25) is 5.02 Å². The third-order valence-electron chi connectivity index (χ3n) is 1.37. The number of hydrogen-bond donors (Lipinski definition) is 2. The van der Waals surface area contributed by atoms with Gasteiger partial charge in [-0.25, -0.2) is 9.86 Å². The van der Waals surface area contributed by atoms with Gasteiger partial charge in [-0.1, -0.05) is 17.7 Å². The van der Waals surface area contributed by atoms with Gasteiger partial charge >= 0.3 is 6.03 Å². The number of benzene rings is 1. The van der Waals surface area contributed by atoms with Crippen molar-refractivity contribution in [3.05, 3.63) is 29.3 Å². The highest BCUT2D eigenvalue weighted by molar-refractivity contribution is 6.30. The van der Waals surface area contributed by atoms with E-state index in [1.54, 1.807) is 24.3 Å². The third kappa shape index (κ3) is 2.93. The van der Waals surface area contributed by atoms with Gasteiger partial charge in [0.2, 0.25) is 0 Å². The first kappa shape index (κ1) is 9.83. The van der Waals surface area contributed by atoms with Crippen LogP contribution in [0.5, 0.6) is 0 Å². The smallest absolute Gasteiger partial charge is 0.306 e. The Labute approximate surface area is 80.7 Å². The Hall–Kier alpha value is -1.26. The summed E-state index contributed by atoms with van der Waals surface area (Å²) in [5, 5.41) is 12.2. The van der Waals surface area contributed by atoms with E-state index in [0.717, 1.165) is 0 Å². The van der Waals surface area contributed by atoms with Crippen molar-refractivity contribution in [1.82, 2.24) is 5.06 Å². The minimum Gasteiger partial charge on any atom is -0.306 e. The lowest BCUT2D eigenvalue weighted by atomic mass is 10.3. The molecule has 1 aromatic carbocycles. The number of anilines is 1.